The second-order valence-corrected chi connectivity index (χ2v) is 10.3. The van der Waals surface area contributed by atoms with Crippen LogP contribution in [0, 0.1) is 0 Å². The molecule has 11 heteroatoms. The summed E-state index contributed by atoms with van der Waals surface area (Å²) in [6.07, 6.45) is 2.40. The number of benzene rings is 3. The first-order valence-electron chi connectivity index (χ1n) is 9.84. The maximum Gasteiger partial charge on any atom is 0.260 e. The van der Waals surface area contributed by atoms with Crippen LogP contribution in [0.5, 0.6) is 5.75 Å². The zero-order valence-electron chi connectivity index (χ0n) is 17.9. The third-order valence-corrected chi connectivity index (χ3v) is 6.40. The van der Waals surface area contributed by atoms with Crippen LogP contribution in [0.1, 0.15) is 11.1 Å². The number of carbonyl (C=O) groups is 1. The summed E-state index contributed by atoms with van der Waals surface area (Å²) in [5, 5.41) is 4.97. The Morgan fingerprint density at radius 3 is 2.29 bits per heavy atom. The van der Waals surface area contributed by atoms with E-state index in [2.05, 4.69) is 10.5 Å². The predicted molar refractivity (Wildman–Crippen MR) is 137 cm³/mol. The zero-order chi connectivity index (χ0) is 24.7. The lowest BCUT2D eigenvalue weighted by molar-refractivity contribution is -0.119. The van der Waals surface area contributed by atoms with E-state index in [9.17, 15) is 13.2 Å². The standard InChI is InChI=1S/C23H20Cl3N3O4S/c1-34(31,32)29(22-12-19(25)8-11-21(22)26)14-23(30)28-27-13-16-4-9-20(10-5-16)33-15-17-2-6-18(24)7-3-17/h2-13H,14-15H2,1H3,(H,28,30)/b27-13-. The molecular weight excluding hydrogens is 521 g/mol. The summed E-state index contributed by atoms with van der Waals surface area (Å²) in [5.41, 5.74) is 4.10. The van der Waals surface area contributed by atoms with E-state index < -0.39 is 22.5 Å². The molecule has 0 aromatic heterocycles. The molecule has 0 fully saturated rings. The van der Waals surface area contributed by atoms with Crippen molar-refractivity contribution in [1.82, 2.24) is 5.43 Å². The summed E-state index contributed by atoms with van der Waals surface area (Å²) < 4.78 is 31.0. The lowest BCUT2D eigenvalue weighted by Gasteiger charge is -2.22. The van der Waals surface area contributed by atoms with Crippen LogP contribution in [0.4, 0.5) is 5.69 Å². The summed E-state index contributed by atoms with van der Waals surface area (Å²) in [7, 11) is -3.80. The van der Waals surface area contributed by atoms with Gasteiger partial charge in [-0.15, -0.1) is 0 Å². The van der Waals surface area contributed by atoms with Crippen LogP contribution >= 0.6 is 34.8 Å². The van der Waals surface area contributed by atoms with Gasteiger partial charge in [0, 0.05) is 10.0 Å². The number of sulfonamides is 1. The number of halogens is 3. The first-order valence-corrected chi connectivity index (χ1v) is 12.8. The fraction of sp³-hybridized carbons (Fsp3) is 0.130. The molecule has 0 aliphatic rings. The molecule has 0 saturated carbocycles. The second kappa shape index (κ2) is 11.6. The first-order chi connectivity index (χ1) is 16.1. The van der Waals surface area contributed by atoms with Crippen LogP contribution in [0.25, 0.3) is 0 Å². The van der Waals surface area contributed by atoms with E-state index in [-0.39, 0.29) is 15.7 Å². The van der Waals surface area contributed by atoms with Gasteiger partial charge in [0.1, 0.15) is 18.9 Å². The quantitative estimate of drug-likeness (QED) is 0.301. The number of anilines is 1. The number of nitrogens with one attached hydrogen (secondary N) is 1. The number of ether oxygens (including phenoxy) is 1. The highest BCUT2D eigenvalue weighted by Gasteiger charge is 2.23. The highest BCUT2D eigenvalue weighted by molar-refractivity contribution is 7.92. The van der Waals surface area contributed by atoms with E-state index in [4.69, 9.17) is 39.5 Å². The maximum atomic E-state index is 12.3. The number of rotatable bonds is 9. The van der Waals surface area contributed by atoms with E-state index in [1.807, 2.05) is 12.1 Å². The van der Waals surface area contributed by atoms with Crippen molar-refractivity contribution in [2.24, 2.45) is 5.10 Å². The fourth-order valence-corrected chi connectivity index (χ4v) is 4.22. The van der Waals surface area contributed by atoms with Crippen LogP contribution < -0.4 is 14.5 Å². The molecule has 3 aromatic carbocycles. The largest absolute Gasteiger partial charge is 0.489 e. The van der Waals surface area contributed by atoms with Gasteiger partial charge in [-0.1, -0.05) is 46.9 Å². The molecule has 0 unspecified atom stereocenters. The summed E-state index contributed by atoms with van der Waals surface area (Å²) in [4.78, 5) is 12.3. The van der Waals surface area contributed by atoms with Crippen LogP contribution in [-0.4, -0.2) is 33.3 Å². The molecule has 0 bridgehead atoms. The summed E-state index contributed by atoms with van der Waals surface area (Å²) >= 11 is 17.9. The van der Waals surface area contributed by atoms with Crippen molar-refractivity contribution in [1.29, 1.82) is 0 Å². The van der Waals surface area contributed by atoms with Gasteiger partial charge in [0.05, 0.1) is 23.2 Å². The van der Waals surface area contributed by atoms with E-state index >= 15 is 0 Å². The minimum Gasteiger partial charge on any atom is -0.489 e. The summed E-state index contributed by atoms with van der Waals surface area (Å²) in [5.74, 6) is 0.0129. The number of hydrazone groups is 1. The van der Waals surface area contributed by atoms with E-state index in [1.165, 1.54) is 24.4 Å². The van der Waals surface area contributed by atoms with Crippen LogP contribution in [0.2, 0.25) is 15.1 Å². The third-order valence-electron chi connectivity index (χ3n) is 4.47. The normalized spacial score (nSPS) is 11.4. The zero-order valence-corrected chi connectivity index (χ0v) is 21.0. The molecule has 0 heterocycles. The molecule has 178 valence electrons. The third kappa shape index (κ3) is 7.63. The van der Waals surface area contributed by atoms with Gasteiger partial charge < -0.3 is 4.74 Å². The Morgan fingerprint density at radius 1 is 1.00 bits per heavy atom. The van der Waals surface area contributed by atoms with Crippen LogP contribution in [-0.2, 0) is 21.4 Å². The minimum atomic E-state index is -3.80. The molecule has 0 radical (unpaired) electrons. The molecule has 0 aliphatic heterocycles. The van der Waals surface area contributed by atoms with Gasteiger partial charge in [0.2, 0.25) is 10.0 Å². The number of hydrogen-bond acceptors (Lipinski definition) is 5. The average Bonchev–Trinajstić information content (AvgIpc) is 2.79. The lowest BCUT2D eigenvalue weighted by atomic mass is 10.2. The Morgan fingerprint density at radius 2 is 1.65 bits per heavy atom. The highest BCUT2D eigenvalue weighted by Crippen LogP contribution is 2.30. The Hall–Kier alpha value is -2.78. The molecule has 3 aromatic rings. The van der Waals surface area contributed by atoms with Crippen molar-refractivity contribution >= 4 is 62.6 Å². The van der Waals surface area contributed by atoms with E-state index in [0.717, 1.165) is 16.1 Å². The number of carbonyl (C=O) groups excluding carboxylic acids is 1. The number of amides is 1. The Kier molecular flexibility index (Phi) is 8.79. The predicted octanol–water partition coefficient (Wildman–Crippen LogP) is 5.14. The van der Waals surface area contributed by atoms with Crippen molar-refractivity contribution in [2.45, 2.75) is 6.61 Å². The summed E-state index contributed by atoms with van der Waals surface area (Å²) in [6.45, 7) is -0.123. The fourth-order valence-electron chi connectivity index (χ4n) is 2.80. The first kappa shape index (κ1) is 25.8. The Labute approximate surface area is 212 Å². The monoisotopic (exact) mass is 539 g/mol. The van der Waals surface area contributed by atoms with Gasteiger partial charge in [-0.25, -0.2) is 13.8 Å². The van der Waals surface area contributed by atoms with E-state index in [0.29, 0.717) is 22.9 Å². The molecule has 0 spiro atoms. The van der Waals surface area contributed by atoms with Gasteiger partial charge in [0.15, 0.2) is 0 Å². The lowest BCUT2D eigenvalue weighted by Crippen LogP contribution is -2.39. The van der Waals surface area contributed by atoms with Gasteiger partial charge in [0.25, 0.3) is 5.91 Å². The smallest absolute Gasteiger partial charge is 0.260 e. The highest BCUT2D eigenvalue weighted by atomic mass is 35.5. The summed E-state index contributed by atoms with van der Waals surface area (Å²) in [6, 6.07) is 18.8. The Balaban J connectivity index is 1.57. The maximum absolute atomic E-state index is 12.3. The van der Waals surface area contributed by atoms with Crippen molar-refractivity contribution in [2.75, 3.05) is 17.1 Å². The average molecular weight is 541 g/mol. The Bertz CT molecular complexity index is 1280. The number of hydrogen-bond donors (Lipinski definition) is 1. The number of nitrogens with zero attached hydrogens (tertiary/aromatic N) is 2. The molecule has 34 heavy (non-hydrogen) atoms. The molecule has 0 saturated heterocycles. The van der Waals surface area contributed by atoms with Gasteiger partial charge in [-0.3, -0.25) is 9.10 Å². The van der Waals surface area contributed by atoms with Gasteiger partial charge in [-0.2, -0.15) is 5.10 Å². The van der Waals surface area contributed by atoms with Crippen LogP contribution in [0.3, 0.4) is 0 Å². The van der Waals surface area contributed by atoms with E-state index in [1.54, 1.807) is 36.4 Å². The molecule has 1 amide bonds. The molecule has 1 N–H and O–H groups in total. The van der Waals surface area contributed by atoms with Gasteiger partial charge in [-0.05, 0) is 65.7 Å². The van der Waals surface area contributed by atoms with Crippen molar-refractivity contribution in [3.05, 3.63) is 92.9 Å². The molecule has 0 aliphatic carbocycles. The topological polar surface area (TPSA) is 88.1 Å². The SMILES string of the molecule is CS(=O)(=O)N(CC(=O)N/N=C\c1ccc(OCc2ccc(Cl)cc2)cc1)c1cc(Cl)ccc1Cl. The second-order valence-electron chi connectivity index (χ2n) is 7.14. The molecule has 3 rings (SSSR count). The van der Waals surface area contributed by atoms with Crippen LogP contribution in [0.15, 0.2) is 71.8 Å². The molecular formula is C23H20Cl3N3O4S. The molecule has 7 nitrogen and oxygen atoms in total. The van der Waals surface area contributed by atoms with Crippen molar-refractivity contribution < 1.29 is 17.9 Å². The van der Waals surface area contributed by atoms with Crippen molar-refractivity contribution in [3.8, 4) is 5.75 Å². The minimum absolute atomic E-state index is 0.102. The molecule has 0 atom stereocenters. The van der Waals surface area contributed by atoms with Crippen molar-refractivity contribution in [3.63, 3.8) is 0 Å². The van der Waals surface area contributed by atoms with Gasteiger partial charge >= 0.3 is 0 Å².